The number of hydrogen-bond acceptors (Lipinski definition) is 2. The molecule has 1 amide bonds. The lowest BCUT2D eigenvalue weighted by atomic mass is 10.2. The van der Waals surface area contributed by atoms with Gasteiger partial charge in [-0.25, -0.2) is 9.37 Å². The van der Waals surface area contributed by atoms with E-state index in [-0.39, 0.29) is 5.56 Å². The van der Waals surface area contributed by atoms with Gasteiger partial charge in [0.05, 0.1) is 11.3 Å². The second-order valence-electron chi connectivity index (χ2n) is 5.19. The van der Waals surface area contributed by atoms with Gasteiger partial charge in [-0.1, -0.05) is 12.1 Å². The van der Waals surface area contributed by atoms with Gasteiger partial charge in [0.15, 0.2) is 0 Å². The minimum absolute atomic E-state index is 0.0631. The van der Waals surface area contributed by atoms with Crippen molar-refractivity contribution in [3.63, 3.8) is 0 Å². The van der Waals surface area contributed by atoms with Crippen LogP contribution in [0, 0.1) is 12.7 Å². The lowest BCUT2D eigenvalue weighted by Gasteiger charge is -2.04. The zero-order valence-corrected chi connectivity index (χ0v) is 12.2. The fourth-order valence-electron chi connectivity index (χ4n) is 2.30. The average Bonchev–Trinajstić information content (AvgIpc) is 2.89. The number of carbonyl (C=O) groups excluding carboxylic acids is 1. The third kappa shape index (κ3) is 2.98. The SMILES string of the molecule is Cc1ccn2cc(CCNC(=O)c3ccccc3F)nc2c1. The lowest BCUT2D eigenvalue weighted by Crippen LogP contribution is -2.26. The summed E-state index contributed by atoms with van der Waals surface area (Å²) in [5, 5.41) is 2.72. The number of benzene rings is 1. The molecular weight excluding hydrogens is 281 g/mol. The number of rotatable bonds is 4. The first kappa shape index (κ1) is 14.3. The van der Waals surface area contributed by atoms with Crippen LogP contribution in [0.1, 0.15) is 21.6 Å². The number of fused-ring (bicyclic) bond motifs is 1. The van der Waals surface area contributed by atoms with Crippen LogP contribution < -0.4 is 5.32 Å². The first-order chi connectivity index (χ1) is 10.6. The zero-order valence-electron chi connectivity index (χ0n) is 12.2. The summed E-state index contributed by atoms with van der Waals surface area (Å²) < 4.78 is 15.4. The molecule has 112 valence electrons. The molecule has 0 aliphatic carbocycles. The Bertz CT molecular complexity index is 826. The molecule has 0 saturated heterocycles. The van der Waals surface area contributed by atoms with E-state index in [9.17, 15) is 9.18 Å². The van der Waals surface area contributed by atoms with E-state index in [1.54, 1.807) is 12.1 Å². The van der Waals surface area contributed by atoms with Crippen molar-refractivity contribution in [3.05, 3.63) is 71.4 Å². The normalized spacial score (nSPS) is 10.8. The molecule has 0 unspecified atom stereocenters. The van der Waals surface area contributed by atoms with Gasteiger partial charge in [0.25, 0.3) is 5.91 Å². The summed E-state index contributed by atoms with van der Waals surface area (Å²) in [6.07, 6.45) is 4.49. The van der Waals surface area contributed by atoms with Gasteiger partial charge in [-0.15, -0.1) is 0 Å². The second kappa shape index (κ2) is 5.97. The van der Waals surface area contributed by atoms with Gasteiger partial charge in [0, 0.05) is 25.4 Å². The molecule has 0 radical (unpaired) electrons. The quantitative estimate of drug-likeness (QED) is 0.805. The van der Waals surface area contributed by atoms with Gasteiger partial charge in [0.2, 0.25) is 0 Å². The lowest BCUT2D eigenvalue weighted by molar-refractivity contribution is 0.0950. The summed E-state index contributed by atoms with van der Waals surface area (Å²) in [4.78, 5) is 16.4. The van der Waals surface area contributed by atoms with Crippen molar-refractivity contribution in [1.82, 2.24) is 14.7 Å². The number of halogens is 1. The van der Waals surface area contributed by atoms with Gasteiger partial charge < -0.3 is 9.72 Å². The predicted octanol–water partition coefficient (Wildman–Crippen LogP) is 2.75. The van der Waals surface area contributed by atoms with Crippen LogP contribution in [-0.4, -0.2) is 21.8 Å². The molecule has 22 heavy (non-hydrogen) atoms. The minimum atomic E-state index is -0.511. The van der Waals surface area contributed by atoms with E-state index in [4.69, 9.17) is 0 Å². The number of hydrogen-bond donors (Lipinski definition) is 1. The monoisotopic (exact) mass is 297 g/mol. The van der Waals surface area contributed by atoms with Crippen LogP contribution in [-0.2, 0) is 6.42 Å². The molecule has 4 nitrogen and oxygen atoms in total. The molecule has 1 aromatic carbocycles. The molecule has 0 saturated carbocycles. The van der Waals surface area contributed by atoms with Gasteiger partial charge >= 0.3 is 0 Å². The van der Waals surface area contributed by atoms with E-state index in [0.29, 0.717) is 13.0 Å². The molecule has 0 aliphatic rings. The Hall–Kier alpha value is -2.69. The van der Waals surface area contributed by atoms with E-state index in [1.807, 2.05) is 35.9 Å². The van der Waals surface area contributed by atoms with Crippen LogP contribution in [0.4, 0.5) is 4.39 Å². The molecule has 2 aromatic heterocycles. The van der Waals surface area contributed by atoms with Gasteiger partial charge in [-0.2, -0.15) is 0 Å². The summed E-state index contributed by atoms with van der Waals surface area (Å²) in [7, 11) is 0. The van der Waals surface area contributed by atoms with Crippen LogP contribution in [0.15, 0.2) is 48.8 Å². The van der Waals surface area contributed by atoms with Crippen LogP contribution in [0.2, 0.25) is 0 Å². The smallest absolute Gasteiger partial charge is 0.254 e. The maximum atomic E-state index is 13.5. The van der Waals surface area contributed by atoms with E-state index >= 15 is 0 Å². The molecule has 2 heterocycles. The van der Waals surface area contributed by atoms with Gasteiger partial charge in [-0.05, 0) is 36.8 Å². The molecule has 0 atom stereocenters. The van der Waals surface area contributed by atoms with Gasteiger partial charge in [0.1, 0.15) is 11.5 Å². The number of nitrogens with one attached hydrogen (secondary N) is 1. The van der Waals surface area contributed by atoms with Crippen LogP contribution in [0.5, 0.6) is 0 Å². The number of aromatic nitrogens is 2. The Labute approximate surface area is 127 Å². The van der Waals surface area contributed by atoms with E-state index in [0.717, 1.165) is 16.9 Å². The van der Waals surface area contributed by atoms with Crippen LogP contribution in [0.25, 0.3) is 5.65 Å². The van der Waals surface area contributed by atoms with Crippen molar-refractivity contribution >= 4 is 11.6 Å². The molecule has 0 aliphatic heterocycles. The molecule has 1 N–H and O–H groups in total. The van der Waals surface area contributed by atoms with E-state index < -0.39 is 11.7 Å². The topological polar surface area (TPSA) is 46.4 Å². The van der Waals surface area contributed by atoms with Crippen LogP contribution >= 0.6 is 0 Å². The maximum absolute atomic E-state index is 13.5. The van der Waals surface area contributed by atoms with Crippen molar-refractivity contribution in [2.45, 2.75) is 13.3 Å². The fraction of sp³-hybridized carbons (Fsp3) is 0.176. The van der Waals surface area contributed by atoms with E-state index in [2.05, 4.69) is 10.3 Å². The number of carbonyl (C=O) groups is 1. The van der Waals surface area contributed by atoms with Crippen LogP contribution in [0.3, 0.4) is 0 Å². The summed E-state index contributed by atoms with van der Waals surface area (Å²) in [5.41, 5.74) is 2.99. The first-order valence-corrected chi connectivity index (χ1v) is 7.10. The van der Waals surface area contributed by atoms with Crippen molar-refractivity contribution in [3.8, 4) is 0 Å². The Kier molecular flexibility index (Phi) is 3.87. The molecule has 5 heteroatoms. The standard InChI is InChI=1S/C17H16FN3O/c1-12-7-9-21-11-13(20-16(21)10-12)6-8-19-17(22)14-4-2-3-5-15(14)18/h2-5,7,9-11H,6,8H2,1H3,(H,19,22). The van der Waals surface area contributed by atoms with Crippen molar-refractivity contribution < 1.29 is 9.18 Å². The summed E-state index contributed by atoms with van der Waals surface area (Å²) >= 11 is 0. The van der Waals surface area contributed by atoms with E-state index in [1.165, 1.54) is 12.1 Å². The molecule has 3 rings (SSSR count). The average molecular weight is 297 g/mol. The Morgan fingerprint density at radius 2 is 2.14 bits per heavy atom. The predicted molar refractivity (Wildman–Crippen MR) is 82.4 cm³/mol. The fourth-order valence-corrected chi connectivity index (χ4v) is 2.30. The highest BCUT2D eigenvalue weighted by Gasteiger charge is 2.10. The Balaban J connectivity index is 1.62. The summed E-state index contributed by atoms with van der Waals surface area (Å²) in [5.74, 6) is -0.916. The number of aryl methyl sites for hydroxylation is 1. The highest BCUT2D eigenvalue weighted by molar-refractivity contribution is 5.94. The molecule has 0 fully saturated rings. The molecular formula is C17H16FN3O. The highest BCUT2D eigenvalue weighted by atomic mass is 19.1. The van der Waals surface area contributed by atoms with Crippen molar-refractivity contribution in [2.24, 2.45) is 0 Å². The third-order valence-corrected chi connectivity index (χ3v) is 3.45. The summed E-state index contributed by atoms with van der Waals surface area (Å²) in [6.45, 7) is 2.43. The first-order valence-electron chi connectivity index (χ1n) is 7.10. The maximum Gasteiger partial charge on any atom is 0.254 e. The largest absolute Gasteiger partial charge is 0.352 e. The molecule has 0 bridgehead atoms. The zero-order chi connectivity index (χ0) is 15.5. The number of pyridine rings is 1. The Morgan fingerprint density at radius 1 is 1.32 bits per heavy atom. The second-order valence-corrected chi connectivity index (χ2v) is 5.19. The molecule has 0 spiro atoms. The summed E-state index contributed by atoms with van der Waals surface area (Å²) in [6, 6.07) is 9.96. The minimum Gasteiger partial charge on any atom is -0.352 e. The van der Waals surface area contributed by atoms with Crippen molar-refractivity contribution in [1.29, 1.82) is 0 Å². The van der Waals surface area contributed by atoms with Gasteiger partial charge in [-0.3, -0.25) is 4.79 Å². The Morgan fingerprint density at radius 3 is 2.95 bits per heavy atom. The third-order valence-electron chi connectivity index (χ3n) is 3.45. The number of amides is 1. The number of imidazole rings is 1. The molecule has 3 aromatic rings. The highest BCUT2D eigenvalue weighted by Crippen LogP contribution is 2.08. The van der Waals surface area contributed by atoms with Crippen molar-refractivity contribution in [2.75, 3.05) is 6.54 Å². The number of nitrogens with zero attached hydrogens (tertiary/aromatic N) is 2.